The van der Waals surface area contributed by atoms with E-state index in [2.05, 4.69) is 15.0 Å². The van der Waals surface area contributed by atoms with Crippen molar-refractivity contribution in [1.29, 1.82) is 0 Å². The van der Waals surface area contributed by atoms with Crippen LogP contribution in [0.2, 0.25) is 0 Å². The van der Waals surface area contributed by atoms with Crippen LogP contribution in [0.25, 0.3) is 28.3 Å². The Labute approximate surface area is 191 Å². The number of rotatable bonds is 5. The Morgan fingerprint density at radius 3 is 2.47 bits per heavy atom. The molecule has 10 nitrogen and oxygen atoms in total. The van der Waals surface area contributed by atoms with Gasteiger partial charge in [0.2, 0.25) is 0 Å². The Bertz CT molecular complexity index is 1560. The van der Waals surface area contributed by atoms with Gasteiger partial charge in [0, 0.05) is 31.1 Å². The maximum Gasteiger partial charge on any atom is 0.417 e. The minimum Gasteiger partial charge on any atom is -0.410 e. The highest BCUT2D eigenvalue weighted by Gasteiger charge is 2.33. The first kappa shape index (κ1) is 23.5. The second-order valence-electron chi connectivity index (χ2n) is 7.38. The fourth-order valence-electron chi connectivity index (χ4n) is 3.64. The molecule has 34 heavy (non-hydrogen) atoms. The van der Waals surface area contributed by atoms with E-state index in [1.807, 2.05) is 0 Å². The number of amides is 1. The van der Waals surface area contributed by atoms with E-state index in [9.17, 15) is 26.4 Å². The lowest BCUT2D eigenvalue weighted by atomic mass is 10.2. The Balaban J connectivity index is 2.07. The van der Waals surface area contributed by atoms with Crippen molar-refractivity contribution in [2.24, 2.45) is 12.8 Å². The molecule has 0 fully saturated rings. The number of carbonyl (C=O) groups excluding carboxylic acids is 1. The number of imidazole rings is 2. The molecular weight excluding hydrogens is 477 g/mol. The molecule has 0 saturated heterocycles. The van der Waals surface area contributed by atoms with Gasteiger partial charge in [-0.2, -0.15) is 13.2 Å². The van der Waals surface area contributed by atoms with Crippen LogP contribution in [0.15, 0.2) is 29.4 Å². The number of hydrogen-bond acceptors (Lipinski definition) is 7. The Morgan fingerprint density at radius 1 is 1.18 bits per heavy atom. The van der Waals surface area contributed by atoms with E-state index in [1.165, 1.54) is 35.1 Å². The molecule has 0 saturated carbocycles. The normalized spacial score (nSPS) is 12.5. The van der Waals surface area contributed by atoms with Crippen LogP contribution in [-0.4, -0.2) is 44.2 Å². The molecule has 0 spiro atoms. The van der Waals surface area contributed by atoms with Crippen LogP contribution in [-0.2, 0) is 29.5 Å². The molecule has 0 aromatic carbocycles. The summed E-state index contributed by atoms with van der Waals surface area (Å²) in [6.45, 7) is 3.23. The number of hydrogen-bond donors (Lipinski definition) is 1. The number of ether oxygens (including phenoxy) is 1. The minimum atomic E-state index is -4.62. The average molecular weight is 496 g/mol. The van der Waals surface area contributed by atoms with E-state index in [0.29, 0.717) is 18.3 Å². The summed E-state index contributed by atoms with van der Waals surface area (Å²) >= 11 is 0. The molecule has 180 valence electrons. The van der Waals surface area contributed by atoms with E-state index in [1.54, 1.807) is 6.92 Å². The van der Waals surface area contributed by atoms with E-state index < -0.39 is 27.7 Å². The van der Waals surface area contributed by atoms with Crippen molar-refractivity contribution < 1.29 is 31.1 Å². The lowest BCUT2D eigenvalue weighted by molar-refractivity contribution is -0.137. The number of carbonyl (C=O) groups is 1. The molecule has 4 rings (SSSR count). The largest absolute Gasteiger partial charge is 0.417 e. The van der Waals surface area contributed by atoms with Gasteiger partial charge in [-0.3, -0.25) is 4.40 Å². The number of aryl methyl sites for hydroxylation is 2. The zero-order valence-corrected chi connectivity index (χ0v) is 19.0. The first-order valence-electron chi connectivity index (χ1n) is 10.0. The third-order valence-electron chi connectivity index (χ3n) is 5.23. The Morgan fingerprint density at radius 2 is 1.88 bits per heavy atom. The van der Waals surface area contributed by atoms with Crippen LogP contribution < -0.4 is 10.5 Å². The summed E-state index contributed by atoms with van der Waals surface area (Å²) in [5.41, 5.74) is 4.68. The number of aromatic nitrogens is 5. The molecule has 4 aromatic rings. The van der Waals surface area contributed by atoms with Gasteiger partial charge in [-0.15, -0.1) is 0 Å². The van der Waals surface area contributed by atoms with Gasteiger partial charge in [0.1, 0.15) is 22.6 Å². The first-order valence-corrected chi connectivity index (χ1v) is 11.7. The van der Waals surface area contributed by atoms with Gasteiger partial charge < -0.3 is 15.0 Å². The molecule has 0 bridgehead atoms. The molecule has 0 aliphatic carbocycles. The summed E-state index contributed by atoms with van der Waals surface area (Å²) in [7, 11) is -2.40. The van der Waals surface area contributed by atoms with Gasteiger partial charge in [0.05, 0.1) is 11.3 Å². The fraction of sp³-hybridized carbons (Fsp3) is 0.300. The Hall–Kier alpha value is -3.68. The SMILES string of the molecule is CCc1cc(OC(N)=O)cc2nc(-c3nc4cc(C(F)(F)F)cnc4n3C)c(S(=O)(=O)CC)n12. The van der Waals surface area contributed by atoms with Gasteiger partial charge >= 0.3 is 12.3 Å². The van der Waals surface area contributed by atoms with Crippen molar-refractivity contribution in [3.05, 3.63) is 35.7 Å². The van der Waals surface area contributed by atoms with Gasteiger partial charge in [-0.05, 0) is 12.5 Å². The smallest absolute Gasteiger partial charge is 0.410 e. The average Bonchev–Trinajstić information content (AvgIpc) is 3.30. The number of pyridine rings is 2. The number of primary amides is 1. The maximum atomic E-state index is 13.1. The molecule has 0 unspecified atom stereocenters. The summed E-state index contributed by atoms with van der Waals surface area (Å²) in [5, 5.41) is -0.179. The molecule has 2 N–H and O–H groups in total. The molecule has 0 aliphatic rings. The first-order chi connectivity index (χ1) is 15.9. The highest BCUT2D eigenvalue weighted by atomic mass is 32.2. The van der Waals surface area contributed by atoms with Crippen molar-refractivity contribution >= 4 is 32.7 Å². The van der Waals surface area contributed by atoms with E-state index in [0.717, 1.165) is 6.07 Å². The van der Waals surface area contributed by atoms with Crippen molar-refractivity contribution in [2.45, 2.75) is 31.5 Å². The fourth-order valence-corrected chi connectivity index (χ4v) is 4.84. The molecule has 0 radical (unpaired) electrons. The van der Waals surface area contributed by atoms with Crippen LogP contribution in [0, 0.1) is 0 Å². The van der Waals surface area contributed by atoms with Crippen LogP contribution in [0.1, 0.15) is 25.1 Å². The third-order valence-corrected chi connectivity index (χ3v) is 6.96. The minimum absolute atomic E-state index is 0.0111. The molecular formula is C20H19F3N6O4S. The molecule has 4 aromatic heterocycles. The van der Waals surface area contributed by atoms with Crippen LogP contribution in [0.4, 0.5) is 18.0 Å². The van der Waals surface area contributed by atoms with Gasteiger partial charge in [-0.25, -0.2) is 28.2 Å². The summed E-state index contributed by atoms with van der Waals surface area (Å²) in [6, 6.07) is 3.64. The van der Waals surface area contributed by atoms with Crippen molar-refractivity contribution in [3.8, 4) is 17.3 Å². The summed E-state index contributed by atoms with van der Waals surface area (Å²) < 4.78 is 73.5. The second kappa shape index (κ2) is 7.97. The highest BCUT2D eigenvalue weighted by molar-refractivity contribution is 7.91. The van der Waals surface area contributed by atoms with Crippen molar-refractivity contribution in [1.82, 2.24) is 23.9 Å². The zero-order valence-electron chi connectivity index (χ0n) is 18.2. The zero-order chi connectivity index (χ0) is 25.0. The predicted molar refractivity (Wildman–Crippen MR) is 115 cm³/mol. The summed E-state index contributed by atoms with van der Waals surface area (Å²) in [6.07, 6.45) is -4.65. The Kier molecular flexibility index (Phi) is 5.50. The van der Waals surface area contributed by atoms with Gasteiger partial charge in [-0.1, -0.05) is 13.8 Å². The standard InChI is InChI=1S/C20H19F3N6O4S/c1-4-11-7-12(33-19(24)30)8-14-27-15(18(29(11)14)34(31,32)5-2)17-26-13-6-10(20(21,22)23)9-25-16(13)28(17)3/h6-9H,4-5H2,1-3H3,(H2,24,30). The lowest BCUT2D eigenvalue weighted by Crippen LogP contribution is -2.17. The van der Waals surface area contributed by atoms with Crippen LogP contribution in [0.3, 0.4) is 0 Å². The van der Waals surface area contributed by atoms with Crippen LogP contribution >= 0.6 is 0 Å². The van der Waals surface area contributed by atoms with Crippen LogP contribution in [0.5, 0.6) is 5.75 Å². The number of sulfone groups is 1. The highest BCUT2D eigenvalue weighted by Crippen LogP contribution is 2.34. The number of nitrogens with two attached hydrogens (primary N) is 1. The van der Waals surface area contributed by atoms with E-state index in [4.69, 9.17) is 10.5 Å². The summed E-state index contributed by atoms with van der Waals surface area (Å²) in [4.78, 5) is 23.7. The van der Waals surface area contributed by atoms with Crippen molar-refractivity contribution in [3.63, 3.8) is 0 Å². The molecule has 0 atom stereocenters. The summed E-state index contributed by atoms with van der Waals surface area (Å²) in [5.74, 6) is -0.191. The number of fused-ring (bicyclic) bond motifs is 2. The monoisotopic (exact) mass is 496 g/mol. The van der Waals surface area contributed by atoms with E-state index in [-0.39, 0.29) is 44.9 Å². The lowest BCUT2D eigenvalue weighted by Gasteiger charge is -2.10. The topological polar surface area (TPSA) is 134 Å². The number of nitrogens with zero attached hydrogens (tertiary/aromatic N) is 5. The third kappa shape index (κ3) is 3.83. The number of halogens is 3. The van der Waals surface area contributed by atoms with Crippen molar-refractivity contribution in [2.75, 3.05) is 5.75 Å². The maximum absolute atomic E-state index is 13.1. The number of alkyl halides is 3. The van der Waals surface area contributed by atoms with E-state index >= 15 is 0 Å². The van der Waals surface area contributed by atoms with Gasteiger partial charge in [0.15, 0.2) is 26.3 Å². The molecule has 14 heteroatoms. The molecule has 1 amide bonds. The predicted octanol–water partition coefficient (Wildman–Crippen LogP) is 3.12. The quantitative estimate of drug-likeness (QED) is 0.449. The molecule has 4 heterocycles. The second-order valence-corrected chi connectivity index (χ2v) is 9.57. The van der Waals surface area contributed by atoms with Gasteiger partial charge in [0.25, 0.3) is 0 Å². The molecule has 0 aliphatic heterocycles.